The van der Waals surface area contributed by atoms with E-state index in [0.29, 0.717) is 23.7 Å². The first kappa shape index (κ1) is 16.7. The Morgan fingerprint density at radius 2 is 1.70 bits per heavy atom. The normalized spacial score (nSPS) is 20.2. The first-order valence-electron chi connectivity index (χ1n) is 8.29. The molecule has 0 N–H and O–H groups in total. The average molecular weight is 340 g/mol. The molecule has 2 fully saturated rings. The van der Waals surface area contributed by atoms with Gasteiger partial charge in [0.1, 0.15) is 5.82 Å². The summed E-state index contributed by atoms with van der Waals surface area (Å²) in [6.07, 6.45) is 2.26. The van der Waals surface area contributed by atoms with Crippen LogP contribution >= 0.6 is 11.6 Å². The lowest BCUT2D eigenvalue weighted by Gasteiger charge is -2.35. The van der Waals surface area contributed by atoms with Crippen molar-refractivity contribution >= 4 is 17.5 Å². The maximum absolute atomic E-state index is 13.9. The van der Waals surface area contributed by atoms with Crippen LogP contribution in [0.3, 0.4) is 0 Å². The van der Waals surface area contributed by atoms with E-state index >= 15 is 0 Å². The van der Waals surface area contributed by atoms with Crippen LogP contribution in [0.1, 0.15) is 18.4 Å². The minimum atomic E-state index is -0.246. The summed E-state index contributed by atoms with van der Waals surface area (Å²) in [4.78, 5) is 18.5. The van der Waals surface area contributed by atoms with Gasteiger partial charge < -0.3 is 4.90 Å². The van der Waals surface area contributed by atoms with Gasteiger partial charge in [0.2, 0.25) is 5.91 Å². The lowest BCUT2D eigenvalue weighted by atomic mass is 10.2. The van der Waals surface area contributed by atoms with Gasteiger partial charge in [0.25, 0.3) is 0 Å². The fourth-order valence-corrected chi connectivity index (χ4v) is 3.49. The van der Waals surface area contributed by atoms with Crippen LogP contribution in [-0.2, 0) is 11.3 Å². The summed E-state index contributed by atoms with van der Waals surface area (Å²) >= 11 is 6.09. The molecule has 0 saturated carbocycles. The SMILES string of the molecule is O=C(CN1CCN(Cc2c(F)cccc2Cl)CC1)N1CCCC1. The van der Waals surface area contributed by atoms with Gasteiger partial charge in [-0.2, -0.15) is 0 Å². The summed E-state index contributed by atoms with van der Waals surface area (Å²) in [5.41, 5.74) is 0.566. The van der Waals surface area contributed by atoms with Crippen molar-refractivity contribution in [1.82, 2.24) is 14.7 Å². The van der Waals surface area contributed by atoms with E-state index < -0.39 is 0 Å². The Labute approximate surface area is 141 Å². The number of amides is 1. The first-order chi connectivity index (χ1) is 11.1. The van der Waals surface area contributed by atoms with Crippen molar-refractivity contribution in [3.63, 3.8) is 0 Å². The molecule has 0 radical (unpaired) electrons. The van der Waals surface area contributed by atoms with E-state index in [-0.39, 0.29) is 11.7 Å². The highest BCUT2D eigenvalue weighted by Crippen LogP contribution is 2.21. The van der Waals surface area contributed by atoms with Gasteiger partial charge in [-0.05, 0) is 25.0 Å². The van der Waals surface area contributed by atoms with Crippen LogP contribution < -0.4 is 0 Å². The minimum absolute atomic E-state index is 0.244. The van der Waals surface area contributed by atoms with E-state index in [1.807, 2.05) is 4.90 Å². The molecule has 0 aromatic heterocycles. The van der Waals surface area contributed by atoms with Gasteiger partial charge in [0.05, 0.1) is 6.54 Å². The minimum Gasteiger partial charge on any atom is -0.342 e. The van der Waals surface area contributed by atoms with Crippen molar-refractivity contribution in [3.8, 4) is 0 Å². The summed E-state index contributed by atoms with van der Waals surface area (Å²) in [6.45, 7) is 6.19. The highest BCUT2D eigenvalue weighted by Gasteiger charge is 2.24. The molecule has 4 nitrogen and oxygen atoms in total. The summed E-state index contributed by atoms with van der Waals surface area (Å²) in [5, 5.41) is 0.483. The van der Waals surface area contributed by atoms with Gasteiger partial charge >= 0.3 is 0 Å². The molecule has 0 unspecified atom stereocenters. The average Bonchev–Trinajstić information content (AvgIpc) is 3.07. The topological polar surface area (TPSA) is 26.8 Å². The number of carbonyl (C=O) groups is 1. The van der Waals surface area contributed by atoms with E-state index in [1.54, 1.807) is 12.1 Å². The third-order valence-electron chi connectivity index (χ3n) is 4.73. The molecule has 3 rings (SSSR count). The number of rotatable bonds is 4. The molecule has 6 heteroatoms. The molecule has 23 heavy (non-hydrogen) atoms. The Balaban J connectivity index is 1.47. The van der Waals surface area contributed by atoms with Crippen LogP contribution in [0.15, 0.2) is 18.2 Å². The maximum Gasteiger partial charge on any atom is 0.236 e. The Kier molecular flexibility index (Phi) is 5.51. The maximum atomic E-state index is 13.9. The highest BCUT2D eigenvalue weighted by molar-refractivity contribution is 6.31. The fourth-order valence-electron chi connectivity index (χ4n) is 3.27. The predicted molar refractivity (Wildman–Crippen MR) is 88.9 cm³/mol. The van der Waals surface area contributed by atoms with Crippen molar-refractivity contribution < 1.29 is 9.18 Å². The first-order valence-corrected chi connectivity index (χ1v) is 8.66. The zero-order valence-corrected chi connectivity index (χ0v) is 14.1. The molecule has 1 aromatic rings. The number of likely N-dealkylation sites (tertiary alicyclic amines) is 1. The standard InChI is InChI=1S/C17H23ClFN3O/c18-15-4-3-5-16(19)14(15)12-20-8-10-21(11-9-20)13-17(23)22-6-1-2-7-22/h3-5H,1-2,6-13H2. The van der Waals surface area contributed by atoms with Crippen molar-refractivity contribution in [1.29, 1.82) is 0 Å². The number of piperazine rings is 1. The Bertz CT molecular complexity index is 535. The molecule has 2 aliphatic rings. The molecule has 0 spiro atoms. The van der Waals surface area contributed by atoms with Gasteiger partial charge in [0.15, 0.2) is 0 Å². The second kappa shape index (κ2) is 7.60. The number of hydrogen-bond acceptors (Lipinski definition) is 3. The second-order valence-corrected chi connectivity index (χ2v) is 6.75. The van der Waals surface area contributed by atoms with Crippen LogP contribution in [0.4, 0.5) is 4.39 Å². The van der Waals surface area contributed by atoms with E-state index in [9.17, 15) is 9.18 Å². The monoisotopic (exact) mass is 339 g/mol. The second-order valence-electron chi connectivity index (χ2n) is 6.34. The van der Waals surface area contributed by atoms with Gasteiger partial charge in [-0.25, -0.2) is 4.39 Å². The van der Waals surface area contributed by atoms with Crippen LogP contribution in [0.5, 0.6) is 0 Å². The predicted octanol–water partition coefficient (Wildman–Crippen LogP) is 2.22. The molecule has 126 valence electrons. The summed E-state index contributed by atoms with van der Waals surface area (Å²) < 4.78 is 13.9. The molecular weight excluding hydrogens is 317 g/mol. The van der Waals surface area contributed by atoms with Gasteiger partial charge in [-0.3, -0.25) is 14.6 Å². The Morgan fingerprint density at radius 3 is 2.35 bits per heavy atom. The zero-order chi connectivity index (χ0) is 16.2. The number of halogens is 2. The number of hydrogen-bond donors (Lipinski definition) is 0. The molecule has 1 amide bonds. The third kappa shape index (κ3) is 4.22. The lowest BCUT2D eigenvalue weighted by Crippen LogP contribution is -2.49. The number of carbonyl (C=O) groups excluding carboxylic acids is 1. The van der Waals surface area contributed by atoms with Crippen LogP contribution in [0, 0.1) is 5.82 Å². The third-order valence-corrected chi connectivity index (χ3v) is 5.08. The van der Waals surface area contributed by atoms with Crippen molar-refractivity contribution in [2.75, 3.05) is 45.8 Å². The summed E-state index contributed by atoms with van der Waals surface area (Å²) in [5.74, 6) is -0.00256. The summed E-state index contributed by atoms with van der Waals surface area (Å²) in [6, 6.07) is 4.81. The molecular formula is C17H23ClFN3O. The van der Waals surface area contributed by atoms with Gasteiger partial charge in [0, 0.05) is 56.4 Å². The molecule has 0 atom stereocenters. The van der Waals surface area contributed by atoms with Crippen LogP contribution in [-0.4, -0.2) is 66.4 Å². The van der Waals surface area contributed by atoms with Crippen molar-refractivity contribution in [2.24, 2.45) is 0 Å². The van der Waals surface area contributed by atoms with E-state index in [0.717, 1.165) is 52.1 Å². The Hall–Kier alpha value is -1.17. The lowest BCUT2D eigenvalue weighted by molar-refractivity contribution is -0.131. The smallest absolute Gasteiger partial charge is 0.236 e. The quantitative estimate of drug-likeness (QED) is 0.841. The number of benzene rings is 1. The zero-order valence-electron chi connectivity index (χ0n) is 13.3. The molecule has 2 aliphatic heterocycles. The van der Waals surface area contributed by atoms with Crippen molar-refractivity contribution in [2.45, 2.75) is 19.4 Å². The highest BCUT2D eigenvalue weighted by atomic mass is 35.5. The fraction of sp³-hybridized carbons (Fsp3) is 0.588. The Morgan fingerprint density at radius 1 is 1.04 bits per heavy atom. The number of nitrogens with zero attached hydrogens (tertiary/aromatic N) is 3. The van der Waals surface area contributed by atoms with Crippen LogP contribution in [0.2, 0.25) is 5.02 Å². The molecule has 2 heterocycles. The van der Waals surface area contributed by atoms with E-state index in [4.69, 9.17) is 11.6 Å². The van der Waals surface area contributed by atoms with Crippen molar-refractivity contribution in [3.05, 3.63) is 34.6 Å². The van der Waals surface area contributed by atoms with Gasteiger partial charge in [-0.1, -0.05) is 17.7 Å². The van der Waals surface area contributed by atoms with Crippen LogP contribution in [0.25, 0.3) is 0 Å². The van der Waals surface area contributed by atoms with E-state index in [2.05, 4.69) is 9.80 Å². The molecule has 2 saturated heterocycles. The summed E-state index contributed by atoms with van der Waals surface area (Å²) in [7, 11) is 0. The molecule has 1 aromatic carbocycles. The largest absolute Gasteiger partial charge is 0.342 e. The van der Waals surface area contributed by atoms with E-state index in [1.165, 1.54) is 6.07 Å². The van der Waals surface area contributed by atoms with Gasteiger partial charge in [-0.15, -0.1) is 0 Å². The molecule has 0 bridgehead atoms. The molecule has 0 aliphatic carbocycles.